The molecule has 1 aliphatic rings. The van der Waals surface area contributed by atoms with Crippen molar-refractivity contribution in [3.8, 4) is 17.6 Å². The highest BCUT2D eigenvalue weighted by atomic mass is 79.9. The van der Waals surface area contributed by atoms with Gasteiger partial charge in [-0.1, -0.05) is 46.3 Å². The molecule has 2 heterocycles. The van der Waals surface area contributed by atoms with Gasteiger partial charge < -0.3 is 10.5 Å². The Kier molecular flexibility index (Phi) is 4.02. The van der Waals surface area contributed by atoms with Crippen LogP contribution in [0.2, 0.25) is 0 Å². The van der Waals surface area contributed by atoms with Gasteiger partial charge in [-0.3, -0.25) is 0 Å². The fourth-order valence-corrected chi connectivity index (χ4v) is 3.51. The quantitative estimate of drug-likeness (QED) is 0.692. The van der Waals surface area contributed by atoms with Gasteiger partial charge in [0.25, 0.3) is 0 Å². The molecule has 2 N–H and O–H groups in total. The van der Waals surface area contributed by atoms with E-state index in [2.05, 4.69) is 27.1 Å². The number of nitrogens with zero attached hydrogens (tertiary/aromatic N) is 3. The van der Waals surface area contributed by atoms with Crippen molar-refractivity contribution in [3.63, 3.8) is 0 Å². The summed E-state index contributed by atoms with van der Waals surface area (Å²) >= 11 is 3.44. The number of rotatable bonds is 2. The zero-order valence-electron chi connectivity index (χ0n) is 14.0. The van der Waals surface area contributed by atoms with Crippen molar-refractivity contribution in [2.24, 2.45) is 5.73 Å². The first-order chi connectivity index (χ1) is 12.6. The molecule has 0 fully saturated rings. The van der Waals surface area contributed by atoms with E-state index in [0.29, 0.717) is 11.5 Å². The number of aryl methyl sites for hydroxylation is 1. The Hall–Kier alpha value is -3.04. The predicted octanol–water partition coefficient (Wildman–Crippen LogP) is 4.16. The predicted molar refractivity (Wildman–Crippen MR) is 102 cm³/mol. The van der Waals surface area contributed by atoms with Crippen LogP contribution >= 0.6 is 15.9 Å². The first kappa shape index (κ1) is 16.4. The molecule has 1 aromatic heterocycles. The van der Waals surface area contributed by atoms with Crippen LogP contribution in [0.4, 0.5) is 0 Å². The van der Waals surface area contributed by atoms with Crippen LogP contribution in [0.25, 0.3) is 5.69 Å². The number of nitrogens with two attached hydrogens (primary N) is 1. The summed E-state index contributed by atoms with van der Waals surface area (Å²) in [6.07, 6.45) is 0. The van der Waals surface area contributed by atoms with Crippen LogP contribution in [0.3, 0.4) is 0 Å². The largest absolute Gasteiger partial charge is 0.422 e. The van der Waals surface area contributed by atoms with Gasteiger partial charge in [0.1, 0.15) is 11.6 Å². The Labute approximate surface area is 159 Å². The summed E-state index contributed by atoms with van der Waals surface area (Å²) in [6.45, 7) is 1.92. The third kappa shape index (κ3) is 2.57. The molecule has 128 valence electrons. The normalized spacial score (nSPS) is 16.0. The molecular weight excluding hydrogens is 392 g/mol. The average Bonchev–Trinajstić information content (AvgIpc) is 2.98. The van der Waals surface area contributed by atoms with Gasteiger partial charge in [0.15, 0.2) is 0 Å². The van der Waals surface area contributed by atoms with Gasteiger partial charge in [0.2, 0.25) is 11.8 Å². The zero-order chi connectivity index (χ0) is 18.3. The molecule has 0 spiro atoms. The van der Waals surface area contributed by atoms with Crippen molar-refractivity contribution >= 4 is 15.9 Å². The lowest BCUT2D eigenvalue weighted by Crippen LogP contribution is -2.22. The van der Waals surface area contributed by atoms with Gasteiger partial charge >= 0.3 is 0 Å². The molecule has 0 aliphatic carbocycles. The van der Waals surface area contributed by atoms with Gasteiger partial charge in [-0.15, -0.1) is 0 Å². The highest BCUT2D eigenvalue weighted by Crippen LogP contribution is 2.44. The van der Waals surface area contributed by atoms with Crippen LogP contribution in [-0.2, 0) is 0 Å². The molecular formula is C20H15BrN4O. The number of halogens is 1. The Morgan fingerprint density at radius 1 is 1.15 bits per heavy atom. The summed E-state index contributed by atoms with van der Waals surface area (Å²) in [4.78, 5) is 0. The molecule has 5 nitrogen and oxygen atoms in total. The summed E-state index contributed by atoms with van der Waals surface area (Å²) in [5, 5.41) is 14.3. The molecule has 0 unspecified atom stereocenters. The molecule has 0 amide bonds. The number of aromatic nitrogens is 2. The van der Waals surface area contributed by atoms with Crippen LogP contribution in [-0.4, -0.2) is 9.78 Å². The van der Waals surface area contributed by atoms with Crippen LogP contribution < -0.4 is 10.5 Å². The number of fused-ring (bicyclic) bond motifs is 1. The maximum atomic E-state index is 9.66. The Balaban J connectivity index is 1.95. The Morgan fingerprint density at radius 2 is 1.85 bits per heavy atom. The number of hydrogen-bond acceptors (Lipinski definition) is 4. The lowest BCUT2D eigenvalue weighted by molar-refractivity contribution is 0.367. The summed E-state index contributed by atoms with van der Waals surface area (Å²) < 4.78 is 8.56. The average molecular weight is 407 g/mol. The lowest BCUT2D eigenvalue weighted by atomic mass is 9.84. The summed E-state index contributed by atoms with van der Waals surface area (Å²) in [6, 6.07) is 19.8. The van der Waals surface area contributed by atoms with Crippen LogP contribution in [0.5, 0.6) is 5.88 Å². The molecule has 2 aromatic carbocycles. The molecule has 26 heavy (non-hydrogen) atoms. The minimum absolute atomic E-state index is 0.118. The zero-order valence-corrected chi connectivity index (χ0v) is 15.6. The highest BCUT2D eigenvalue weighted by molar-refractivity contribution is 9.10. The van der Waals surface area contributed by atoms with E-state index in [1.165, 1.54) is 0 Å². The van der Waals surface area contributed by atoms with Gasteiger partial charge in [-0.2, -0.15) is 10.4 Å². The molecule has 0 saturated carbocycles. The second-order valence-electron chi connectivity index (χ2n) is 6.03. The minimum atomic E-state index is -0.297. The third-order valence-corrected chi connectivity index (χ3v) is 4.97. The van der Waals surface area contributed by atoms with Crippen LogP contribution in [0, 0.1) is 18.3 Å². The van der Waals surface area contributed by atoms with E-state index in [0.717, 1.165) is 27.0 Å². The van der Waals surface area contributed by atoms with E-state index in [1.54, 1.807) is 4.68 Å². The minimum Gasteiger partial charge on any atom is -0.422 e. The molecule has 6 heteroatoms. The van der Waals surface area contributed by atoms with Crippen molar-refractivity contribution in [2.75, 3.05) is 0 Å². The smallest absolute Gasteiger partial charge is 0.229 e. The van der Waals surface area contributed by atoms with Crippen molar-refractivity contribution in [3.05, 3.63) is 87.3 Å². The van der Waals surface area contributed by atoms with E-state index in [1.807, 2.05) is 61.5 Å². The maximum absolute atomic E-state index is 9.66. The fraction of sp³-hybridized carbons (Fsp3) is 0.100. The number of allylic oxidation sites excluding steroid dienone is 1. The molecule has 1 aliphatic heterocycles. The molecule has 4 rings (SSSR count). The van der Waals surface area contributed by atoms with Gasteiger partial charge in [-0.05, 0) is 36.8 Å². The van der Waals surface area contributed by atoms with E-state index in [9.17, 15) is 5.26 Å². The van der Waals surface area contributed by atoms with Crippen molar-refractivity contribution in [2.45, 2.75) is 12.8 Å². The Bertz CT molecular complexity index is 1050. The standard InChI is InChI=1S/C20H15BrN4O/c1-12-17-18(13-5-3-2-4-6-13)16(11-22)19(23)26-20(17)25(24-12)15-9-7-14(21)8-10-15/h2-10,18H,23H2,1H3/t18-/m1/s1. The second kappa shape index (κ2) is 6.36. The van der Waals surface area contributed by atoms with Gasteiger partial charge in [0.05, 0.1) is 22.9 Å². The molecule has 0 radical (unpaired) electrons. The first-order valence-electron chi connectivity index (χ1n) is 8.08. The van der Waals surface area contributed by atoms with Gasteiger partial charge in [-0.25, -0.2) is 4.68 Å². The van der Waals surface area contributed by atoms with Crippen LogP contribution in [0.1, 0.15) is 22.7 Å². The summed E-state index contributed by atoms with van der Waals surface area (Å²) in [5.41, 5.74) is 10.0. The van der Waals surface area contributed by atoms with E-state index >= 15 is 0 Å². The van der Waals surface area contributed by atoms with Crippen molar-refractivity contribution in [1.29, 1.82) is 5.26 Å². The first-order valence-corrected chi connectivity index (χ1v) is 8.87. The summed E-state index contributed by atoms with van der Waals surface area (Å²) in [5.74, 6) is 0.372. The molecule has 1 atom stereocenters. The monoisotopic (exact) mass is 406 g/mol. The number of hydrogen-bond donors (Lipinski definition) is 1. The molecule has 3 aromatic rings. The third-order valence-electron chi connectivity index (χ3n) is 4.44. The molecule has 0 saturated heterocycles. The number of ether oxygens (including phenoxy) is 1. The fourth-order valence-electron chi connectivity index (χ4n) is 3.25. The number of nitriles is 1. The molecule has 0 bridgehead atoms. The van der Waals surface area contributed by atoms with Crippen molar-refractivity contribution < 1.29 is 4.74 Å². The second-order valence-corrected chi connectivity index (χ2v) is 6.94. The SMILES string of the molecule is Cc1nn(-c2ccc(Br)cc2)c2c1[C@H](c1ccccc1)C(C#N)=C(N)O2. The van der Waals surface area contributed by atoms with Crippen molar-refractivity contribution in [1.82, 2.24) is 9.78 Å². The lowest BCUT2D eigenvalue weighted by Gasteiger charge is -2.24. The highest BCUT2D eigenvalue weighted by Gasteiger charge is 2.35. The number of benzene rings is 2. The van der Waals surface area contributed by atoms with E-state index in [4.69, 9.17) is 10.5 Å². The topological polar surface area (TPSA) is 76.9 Å². The van der Waals surface area contributed by atoms with E-state index in [-0.39, 0.29) is 11.8 Å². The van der Waals surface area contributed by atoms with E-state index < -0.39 is 0 Å². The maximum Gasteiger partial charge on any atom is 0.229 e. The summed E-state index contributed by atoms with van der Waals surface area (Å²) in [7, 11) is 0. The Morgan fingerprint density at radius 3 is 2.50 bits per heavy atom. The van der Waals surface area contributed by atoms with Gasteiger partial charge in [0, 0.05) is 4.47 Å². The van der Waals surface area contributed by atoms with Crippen LogP contribution in [0.15, 0.2) is 70.5 Å².